The second-order valence-corrected chi connectivity index (χ2v) is 6.25. The van der Waals surface area contributed by atoms with Crippen LogP contribution in [0, 0.1) is 0 Å². The minimum atomic E-state index is -0.782. The molecule has 3 nitrogen and oxygen atoms in total. The Hall–Kier alpha value is -0.480. The van der Waals surface area contributed by atoms with E-state index in [4.69, 9.17) is 5.11 Å². The lowest BCUT2D eigenvalue weighted by Crippen LogP contribution is -2.40. The number of carboxylic acids is 1. The molecule has 0 aromatic carbocycles. The third-order valence-corrected chi connectivity index (χ3v) is 3.97. The summed E-state index contributed by atoms with van der Waals surface area (Å²) in [5, 5.41) is 10.2. The summed E-state index contributed by atoms with van der Waals surface area (Å²) >= 11 is 2.01. The monoisotopic (exact) mass is 243 g/mol. The van der Waals surface area contributed by atoms with Gasteiger partial charge in [-0.2, -0.15) is 11.8 Å². The summed E-state index contributed by atoms with van der Waals surface area (Å²) in [5.74, 6) is -0.782. The first kappa shape index (κ1) is 13.6. The van der Waals surface area contributed by atoms with Crippen LogP contribution in [0.4, 0.5) is 0 Å². The summed E-state index contributed by atoms with van der Waals surface area (Å²) in [6.07, 6.45) is 2.46. The van der Waals surface area contributed by atoms with Crippen molar-refractivity contribution in [2.75, 3.05) is 19.6 Å². The summed E-state index contributed by atoms with van der Waals surface area (Å²) in [7, 11) is 0. The maximum atomic E-state index is 10.8. The topological polar surface area (TPSA) is 40.5 Å². The molecular weight excluding hydrogens is 222 g/mol. The maximum absolute atomic E-state index is 10.8. The van der Waals surface area contributed by atoms with E-state index < -0.39 is 5.97 Å². The standard InChI is InChI=1S/C12H21NO2S/c1-4-11(12(14)15)5-6-13-7-9(2)16-10(3)8-13/h5,9-10H,4,6-8H2,1-3H3,(H,14,15). The molecule has 1 saturated heterocycles. The van der Waals surface area contributed by atoms with Gasteiger partial charge in [0.25, 0.3) is 0 Å². The highest BCUT2D eigenvalue weighted by atomic mass is 32.2. The Morgan fingerprint density at radius 2 is 2.00 bits per heavy atom. The zero-order valence-electron chi connectivity index (χ0n) is 10.3. The van der Waals surface area contributed by atoms with E-state index >= 15 is 0 Å². The second kappa shape index (κ2) is 6.30. The normalized spacial score (nSPS) is 28.1. The smallest absolute Gasteiger partial charge is 0.331 e. The molecule has 1 rings (SSSR count). The molecule has 0 radical (unpaired) electrons. The molecule has 1 N–H and O–H groups in total. The third kappa shape index (κ3) is 4.18. The van der Waals surface area contributed by atoms with Crippen molar-refractivity contribution in [1.29, 1.82) is 0 Å². The molecule has 1 heterocycles. The number of thioether (sulfide) groups is 1. The minimum Gasteiger partial charge on any atom is -0.478 e. The molecule has 92 valence electrons. The summed E-state index contributed by atoms with van der Waals surface area (Å²) in [5.41, 5.74) is 0.526. The Morgan fingerprint density at radius 3 is 2.44 bits per heavy atom. The number of nitrogens with zero attached hydrogens (tertiary/aromatic N) is 1. The quantitative estimate of drug-likeness (QED) is 0.769. The predicted molar refractivity (Wildman–Crippen MR) is 69.0 cm³/mol. The predicted octanol–water partition coefficient (Wildman–Crippen LogP) is 2.23. The minimum absolute atomic E-state index is 0.526. The molecule has 1 aliphatic rings. The Kier molecular flexibility index (Phi) is 5.35. The van der Waals surface area contributed by atoms with Crippen molar-refractivity contribution < 1.29 is 9.90 Å². The van der Waals surface area contributed by atoms with Crippen LogP contribution < -0.4 is 0 Å². The number of aliphatic carboxylic acids is 1. The average Bonchev–Trinajstić information content (AvgIpc) is 2.16. The molecule has 0 bridgehead atoms. The molecular formula is C12H21NO2S. The van der Waals surface area contributed by atoms with Gasteiger partial charge in [0, 0.05) is 35.7 Å². The first-order valence-electron chi connectivity index (χ1n) is 5.83. The van der Waals surface area contributed by atoms with Crippen molar-refractivity contribution in [2.24, 2.45) is 0 Å². The fourth-order valence-electron chi connectivity index (χ4n) is 2.06. The van der Waals surface area contributed by atoms with Crippen molar-refractivity contribution in [1.82, 2.24) is 4.90 Å². The highest BCUT2D eigenvalue weighted by molar-refractivity contribution is 8.00. The molecule has 0 spiro atoms. The average molecular weight is 243 g/mol. The molecule has 1 fully saturated rings. The van der Waals surface area contributed by atoms with Crippen molar-refractivity contribution >= 4 is 17.7 Å². The molecule has 0 saturated carbocycles. The van der Waals surface area contributed by atoms with E-state index in [0.717, 1.165) is 19.6 Å². The van der Waals surface area contributed by atoms with Gasteiger partial charge in [0.05, 0.1) is 0 Å². The number of carboxylic acid groups (broad SMARTS) is 1. The fourth-order valence-corrected chi connectivity index (χ4v) is 3.44. The molecule has 1 aliphatic heterocycles. The van der Waals surface area contributed by atoms with Crippen molar-refractivity contribution in [3.63, 3.8) is 0 Å². The molecule has 0 aromatic heterocycles. The highest BCUT2D eigenvalue weighted by Crippen LogP contribution is 2.24. The number of rotatable bonds is 4. The van der Waals surface area contributed by atoms with Crippen LogP contribution >= 0.6 is 11.8 Å². The summed E-state index contributed by atoms with van der Waals surface area (Å²) < 4.78 is 0. The van der Waals surface area contributed by atoms with E-state index in [1.165, 1.54) is 0 Å². The van der Waals surface area contributed by atoms with Crippen molar-refractivity contribution in [3.05, 3.63) is 11.6 Å². The lowest BCUT2D eigenvalue weighted by Gasteiger charge is -2.33. The first-order chi connectivity index (χ1) is 7.52. The Labute approximate surface area is 102 Å². The van der Waals surface area contributed by atoms with Gasteiger partial charge in [0.15, 0.2) is 0 Å². The number of hydrogen-bond donors (Lipinski definition) is 1. The first-order valence-corrected chi connectivity index (χ1v) is 6.77. The van der Waals surface area contributed by atoms with Gasteiger partial charge in [0.2, 0.25) is 0 Å². The lowest BCUT2D eigenvalue weighted by molar-refractivity contribution is -0.132. The molecule has 2 atom stereocenters. The van der Waals surface area contributed by atoms with E-state index in [1.54, 1.807) is 0 Å². The zero-order valence-corrected chi connectivity index (χ0v) is 11.1. The Morgan fingerprint density at radius 1 is 1.44 bits per heavy atom. The summed E-state index contributed by atoms with van der Waals surface area (Å²) in [6, 6.07) is 0. The van der Waals surface area contributed by atoms with Gasteiger partial charge in [-0.05, 0) is 6.42 Å². The van der Waals surface area contributed by atoms with Crippen molar-refractivity contribution in [3.8, 4) is 0 Å². The molecule has 16 heavy (non-hydrogen) atoms. The van der Waals surface area contributed by atoms with Crippen LogP contribution in [-0.2, 0) is 4.79 Å². The van der Waals surface area contributed by atoms with Crippen molar-refractivity contribution in [2.45, 2.75) is 37.7 Å². The Balaban J connectivity index is 2.50. The molecule has 0 amide bonds. The summed E-state index contributed by atoms with van der Waals surface area (Å²) in [4.78, 5) is 13.2. The van der Waals surface area contributed by atoms with E-state index in [2.05, 4.69) is 18.7 Å². The zero-order chi connectivity index (χ0) is 12.1. The SMILES string of the molecule is CCC(=CCN1CC(C)SC(C)C1)C(=O)O. The molecule has 4 heteroatoms. The van der Waals surface area contributed by atoms with E-state index in [9.17, 15) is 4.79 Å². The Bertz CT molecular complexity index is 268. The van der Waals surface area contributed by atoms with Gasteiger partial charge in [0.1, 0.15) is 0 Å². The van der Waals surface area contributed by atoms with Crippen LogP contribution in [0.5, 0.6) is 0 Å². The number of carbonyl (C=O) groups is 1. The number of hydrogen-bond acceptors (Lipinski definition) is 3. The molecule has 0 aliphatic carbocycles. The van der Waals surface area contributed by atoms with Gasteiger partial charge < -0.3 is 5.11 Å². The van der Waals surface area contributed by atoms with Crippen LogP contribution in [0.15, 0.2) is 11.6 Å². The lowest BCUT2D eigenvalue weighted by atomic mass is 10.2. The summed E-state index contributed by atoms with van der Waals surface area (Å²) in [6.45, 7) is 9.23. The van der Waals surface area contributed by atoms with Crippen LogP contribution in [-0.4, -0.2) is 46.1 Å². The molecule has 2 unspecified atom stereocenters. The highest BCUT2D eigenvalue weighted by Gasteiger charge is 2.21. The molecule has 0 aromatic rings. The second-order valence-electron chi connectivity index (χ2n) is 4.36. The van der Waals surface area contributed by atoms with E-state index in [1.807, 2.05) is 24.8 Å². The van der Waals surface area contributed by atoms with Gasteiger partial charge in [-0.15, -0.1) is 0 Å². The van der Waals surface area contributed by atoms with Crippen LogP contribution in [0.2, 0.25) is 0 Å². The van der Waals surface area contributed by atoms with Gasteiger partial charge in [-0.25, -0.2) is 4.79 Å². The third-order valence-electron chi connectivity index (χ3n) is 2.75. The van der Waals surface area contributed by atoms with E-state index in [0.29, 0.717) is 22.5 Å². The van der Waals surface area contributed by atoms with Crippen LogP contribution in [0.1, 0.15) is 27.2 Å². The van der Waals surface area contributed by atoms with Crippen LogP contribution in [0.3, 0.4) is 0 Å². The van der Waals surface area contributed by atoms with Gasteiger partial charge in [-0.1, -0.05) is 26.8 Å². The van der Waals surface area contributed by atoms with Gasteiger partial charge >= 0.3 is 5.97 Å². The van der Waals surface area contributed by atoms with E-state index in [-0.39, 0.29) is 0 Å². The maximum Gasteiger partial charge on any atom is 0.331 e. The fraction of sp³-hybridized carbons (Fsp3) is 0.750. The largest absolute Gasteiger partial charge is 0.478 e. The van der Waals surface area contributed by atoms with Crippen LogP contribution in [0.25, 0.3) is 0 Å². The van der Waals surface area contributed by atoms with Gasteiger partial charge in [-0.3, -0.25) is 4.90 Å².